The molecule has 1 unspecified atom stereocenters. The summed E-state index contributed by atoms with van der Waals surface area (Å²) >= 11 is 0. The number of nitrogens with one attached hydrogen (secondary N) is 1. The summed E-state index contributed by atoms with van der Waals surface area (Å²) in [5.74, 6) is 0.443. The lowest BCUT2D eigenvalue weighted by atomic mass is 10.00. The van der Waals surface area contributed by atoms with Crippen LogP contribution in [0.15, 0.2) is 0 Å². The standard InChI is InChI=1S/C13H28N4O2S/c1-14-11-13-5-3-7-17(12-13)20(18,19)16-8-4-6-15(2)9-10-16/h13-14H,3-12H2,1-2H3. The molecular weight excluding hydrogens is 276 g/mol. The Morgan fingerprint density at radius 2 is 1.80 bits per heavy atom. The van der Waals surface area contributed by atoms with Gasteiger partial charge >= 0.3 is 0 Å². The number of rotatable bonds is 4. The monoisotopic (exact) mass is 304 g/mol. The molecule has 7 heteroatoms. The van der Waals surface area contributed by atoms with Crippen molar-refractivity contribution in [3.63, 3.8) is 0 Å². The highest BCUT2D eigenvalue weighted by molar-refractivity contribution is 7.86. The summed E-state index contributed by atoms with van der Waals surface area (Å²) in [5, 5.41) is 3.16. The summed E-state index contributed by atoms with van der Waals surface area (Å²) in [5.41, 5.74) is 0. The Kier molecular flexibility index (Phi) is 5.80. The van der Waals surface area contributed by atoms with Crippen LogP contribution in [0.2, 0.25) is 0 Å². The summed E-state index contributed by atoms with van der Waals surface area (Å²) in [6.45, 7) is 5.31. The van der Waals surface area contributed by atoms with E-state index in [2.05, 4.69) is 17.3 Å². The fourth-order valence-electron chi connectivity index (χ4n) is 3.11. The highest BCUT2D eigenvalue weighted by Crippen LogP contribution is 2.21. The highest BCUT2D eigenvalue weighted by atomic mass is 32.2. The third-order valence-corrected chi connectivity index (χ3v) is 6.31. The zero-order valence-electron chi connectivity index (χ0n) is 12.7. The Bertz CT molecular complexity index is 399. The molecule has 0 aromatic carbocycles. The van der Waals surface area contributed by atoms with Gasteiger partial charge in [-0.1, -0.05) is 0 Å². The van der Waals surface area contributed by atoms with E-state index in [1.54, 1.807) is 8.61 Å². The predicted molar refractivity (Wildman–Crippen MR) is 80.8 cm³/mol. The third kappa shape index (κ3) is 3.92. The lowest BCUT2D eigenvalue weighted by Crippen LogP contribution is -2.49. The van der Waals surface area contributed by atoms with E-state index >= 15 is 0 Å². The molecule has 2 heterocycles. The molecule has 0 bridgehead atoms. The van der Waals surface area contributed by atoms with E-state index in [1.165, 1.54) is 0 Å². The van der Waals surface area contributed by atoms with Crippen molar-refractivity contribution >= 4 is 10.2 Å². The maximum atomic E-state index is 12.8. The van der Waals surface area contributed by atoms with Gasteiger partial charge in [0.05, 0.1) is 0 Å². The van der Waals surface area contributed by atoms with E-state index in [4.69, 9.17) is 0 Å². The van der Waals surface area contributed by atoms with E-state index in [9.17, 15) is 8.42 Å². The van der Waals surface area contributed by atoms with E-state index in [0.29, 0.717) is 32.1 Å². The molecule has 0 aromatic rings. The highest BCUT2D eigenvalue weighted by Gasteiger charge is 2.33. The Labute approximate surface area is 123 Å². The SMILES string of the molecule is CNCC1CCCN(S(=O)(=O)N2CCCN(C)CC2)C1. The minimum atomic E-state index is -3.27. The van der Waals surface area contributed by atoms with Crippen LogP contribution in [0.1, 0.15) is 19.3 Å². The Morgan fingerprint density at radius 1 is 1.05 bits per heavy atom. The number of likely N-dealkylation sites (N-methyl/N-ethyl adjacent to an activating group) is 1. The van der Waals surface area contributed by atoms with Gasteiger partial charge in [-0.05, 0) is 52.4 Å². The maximum Gasteiger partial charge on any atom is 0.282 e. The second kappa shape index (κ2) is 7.17. The van der Waals surface area contributed by atoms with Crippen molar-refractivity contribution in [3.05, 3.63) is 0 Å². The van der Waals surface area contributed by atoms with Gasteiger partial charge < -0.3 is 10.2 Å². The van der Waals surface area contributed by atoms with Crippen LogP contribution in [0.25, 0.3) is 0 Å². The average Bonchev–Trinajstić information content (AvgIpc) is 2.65. The molecule has 1 N–H and O–H groups in total. The first-order valence-electron chi connectivity index (χ1n) is 7.62. The second-order valence-corrected chi connectivity index (χ2v) is 7.92. The molecule has 20 heavy (non-hydrogen) atoms. The smallest absolute Gasteiger partial charge is 0.282 e. The van der Waals surface area contributed by atoms with E-state index in [1.807, 2.05) is 7.05 Å². The molecule has 0 saturated carbocycles. The first-order chi connectivity index (χ1) is 9.54. The van der Waals surface area contributed by atoms with Gasteiger partial charge in [-0.2, -0.15) is 17.0 Å². The molecule has 1 atom stereocenters. The summed E-state index contributed by atoms with van der Waals surface area (Å²) in [7, 11) is 0.713. The van der Waals surface area contributed by atoms with Crippen molar-refractivity contribution in [3.8, 4) is 0 Å². The maximum absolute atomic E-state index is 12.8. The lowest BCUT2D eigenvalue weighted by Gasteiger charge is -2.35. The molecular formula is C13H28N4O2S. The molecule has 6 nitrogen and oxygen atoms in total. The van der Waals surface area contributed by atoms with Crippen LogP contribution in [0.4, 0.5) is 0 Å². The molecule has 2 aliphatic rings. The number of piperidine rings is 1. The molecule has 0 aliphatic carbocycles. The van der Waals surface area contributed by atoms with Crippen molar-refractivity contribution in [1.82, 2.24) is 18.8 Å². The molecule has 0 radical (unpaired) electrons. The molecule has 0 aromatic heterocycles. The first-order valence-corrected chi connectivity index (χ1v) is 9.02. The van der Waals surface area contributed by atoms with Crippen LogP contribution < -0.4 is 5.32 Å². The first kappa shape index (κ1) is 16.2. The molecule has 0 spiro atoms. The number of hydrogen-bond donors (Lipinski definition) is 1. The van der Waals surface area contributed by atoms with Crippen LogP contribution in [0, 0.1) is 5.92 Å². The minimum Gasteiger partial charge on any atom is -0.319 e. The summed E-state index contributed by atoms with van der Waals surface area (Å²) in [4.78, 5) is 2.20. The zero-order chi connectivity index (χ0) is 14.6. The topological polar surface area (TPSA) is 55.9 Å². The summed E-state index contributed by atoms with van der Waals surface area (Å²) < 4.78 is 28.9. The minimum absolute atomic E-state index is 0.443. The zero-order valence-corrected chi connectivity index (χ0v) is 13.5. The molecule has 2 aliphatic heterocycles. The van der Waals surface area contributed by atoms with Gasteiger partial charge in [0.2, 0.25) is 0 Å². The van der Waals surface area contributed by atoms with Crippen LogP contribution in [-0.2, 0) is 10.2 Å². The molecule has 118 valence electrons. The lowest BCUT2D eigenvalue weighted by molar-refractivity contribution is 0.244. The van der Waals surface area contributed by atoms with Crippen molar-refractivity contribution in [1.29, 1.82) is 0 Å². The van der Waals surface area contributed by atoms with Gasteiger partial charge in [0, 0.05) is 32.7 Å². The fraction of sp³-hybridized carbons (Fsp3) is 1.00. The Balaban J connectivity index is 2.01. The second-order valence-electron chi connectivity index (χ2n) is 5.99. The van der Waals surface area contributed by atoms with Gasteiger partial charge in [-0.3, -0.25) is 0 Å². The summed E-state index contributed by atoms with van der Waals surface area (Å²) in [6.07, 6.45) is 3.01. The van der Waals surface area contributed by atoms with E-state index < -0.39 is 10.2 Å². The van der Waals surface area contributed by atoms with Crippen LogP contribution in [0.5, 0.6) is 0 Å². The van der Waals surface area contributed by atoms with Crippen LogP contribution in [-0.4, -0.2) is 81.8 Å². The molecule has 2 rings (SSSR count). The van der Waals surface area contributed by atoms with E-state index in [-0.39, 0.29) is 0 Å². The van der Waals surface area contributed by atoms with Crippen molar-refractivity contribution in [2.75, 3.05) is 59.9 Å². The van der Waals surface area contributed by atoms with Gasteiger partial charge in [0.1, 0.15) is 0 Å². The van der Waals surface area contributed by atoms with Crippen molar-refractivity contribution in [2.45, 2.75) is 19.3 Å². The van der Waals surface area contributed by atoms with Crippen molar-refractivity contribution in [2.24, 2.45) is 5.92 Å². The van der Waals surface area contributed by atoms with Gasteiger partial charge in [0.25, 0.3) is 10.2 Å². The van der Waals surface area contributed by atoms with Crippen LogP contribution in [0.3, 0.4) is 0 Å². The summed E-state index contributed by atoms with van der Waals surface area (Å²) in [6, 6.07) is 0. The van der Waals surface area contributed by atoms with Gasteiger partial charge in [0.15, 0.2) is 0 Å². The predicted octanol–water partition coefficient (Wildman–Crippen LogP) is -0.200. The average molecular weight is 304 g/mol. The fourth-order valence-corrected chi connectivity index (χ4v) is 4.87. The number of nitrogens with zero attached hydrogens (tertiary/aromatic N) is 3. The van der Waals surface area contributed by atoms with Crippen LogP contribution >= 0.6 is 0 Å². The molecule has 2 saturated heterocycles. The number of hydrogen-bond acceptors (Lipinski definition) is 4. The molecule has 2 fully saturated rings. The Hall–Kier alpha value is -0.210. The normalized spacial score (nSPS) is 28.4. The van der Waals surface area contributed by atoms with Crippen molar-refractivity contribution < 1.29 is 8.42 Å². The largest absolute Gasteiger partial charge is 0.319 e. The third-order valence-electron chi connectivity index (χ3n) is 4.31. The Morgan fingerprint density at radius 3 is 2.55 bits per heavy atom. The molecule has 0 amide bonds. The van der Waals surface area contributed by atoms with Gasteiger partial charge in [-0.25, -0.2) is 0 Å². The quantitative estimate of drug-likeness (QED) is 0.781. The van der Waals surface area contributed by atoms with E-state index in [0.717, 1.165) is 38.9 Å². The van der Waals surface area contributed by atoms with Gasteiger partial charge in [-0.15, -0.1) is 0 Å².